The highest BCUT2D eigenvalue weighted by atomic mass is 79.9. The van der Waals surface area contributed by atoms with Gasteiger partial charge in [-0.3, -0.25) is 4.79 Å². The number of aliphatic hydroxyl groups is 5. The molecule has 1 fully saturated rings. The molecule has 0 bridgehead atoms. The van der Waals surface area contributed by atoms with Crippen LogP contribution in [-0.4, -0.2) is 87.6 Å². The predicted octanol–water partition coefficient (Wildman–Crippen LogP) is -1.24. The van der Waals surface area contributed by atoms with E-state index < -0.39 is 64.3 Å². The Hall–Kier alpha value is -1.61. The van der Waals surface area contributed by atoms with E-state index in [1.807, 2.05) is 0 Å². The van der Waals surface area contributed by atoms with Crippen molar-refractivity contribution in [3.63, 3.8) is 0 Å². The van der Waals surface area contributed by atoms with Crippen molar-refractivity contribution in [2.45, 2.75) is 40.0 Å². The topological polar surface area (TPSA) is 207 Å². The number of aromatic amines is 1. The van der Waals surface area contributed by atoms with Gasteiger partial charge < -0.3 is 46.1 Å². The van der Waals surface area contributed by atoms with Crippen LogP contribution in [0.3, 0.4) is 0 Å². The van der Waals surface area contributed by atoms with Gasteiger partial charge in [-0.05, 0) is 17.5 Å². The molecule has 7 atom stereocenters. The minimum atomic E-state index is -3.43. The third-order valence-electron chi connectivity index (χ3n) is 5.50. The van der Waals surface area contributed by atoms with Crippen LogP contribution < -0.4 is 5.73 Å². The molecule has 2 aromatic rings. The maximum absolute atomic E-state index is 13.1. The molecule has 13 heteroatoms. The fourth-order valence-corrected chi connectivity index (χ4v) is 4.75. The van der Waals surface area contributed by atoms with Gasteiger partial charge in [-0.2, -0.15) is 0 Å². The van der Waals surface area contributed by atoms with Gasteiger partial charge in [0.1, 0.15) is 28.7 Å². The monoisotopic (exact) mass is 536 g/mol. The number of hydrogen-bond acceptors (Lipinski definition) is 9. The van der Waals surface area contributed by atoms with E-state index >= 15 is 0 Å². The van der Waals surface area contributed by atoms with Crippen LogP contribution in [0.4, 0.5) is 0 Å². The summed E-state index contributed by atoms with van der Waals surface area (Å²) in [6.07, 6.45) is -6.55. The first-order valence-electron chi connectivity index (χ1n) is 9.36. The summed E-state index contributed by atoms with van der Waals surface area (Å²) >= 11 is 9.03. The molecule has 0 saturated carbocycles. The SMILES string of the molecule is N[C@@]1(Br)[C@H]([C@H](O)[C@H](O)CO)OC(O)(C(=O)O)C(C(=O)Cc2cc3ccccc3[nH]2)[C@@]1(O)Cl. The van der Waals surface area contributed by atoms with Gasteiger partial charge in [-0.1, -0.05) is 45.7 Å². The van der Waals surface area contributed by atoms with E-state index in [4.69, 9.17) is 27.2 Å². The highest BCUT2D eigenvalue weighted by molar-refractivity contribution is 9.10. The molecule has 3 rings (SSSR count). The van der Waals surface area contributed by atoms with Gasteiger partial charge in [0.05, 0.1) is 6.61 Å². The van der Waals surface area contributed by atoms with Crippen molar-refractivity contribution in [2.24, 2.45) is 11.7 Å². The number of ketones is 1. The molecule has 2 unspecified atom stereocenters. The van der Waals surface area contributed by atoms with Gasteiger partial charge in [-0.15, -0.1) is 0 Å². The van der Waals surface area contributed by atoms with Crippen molar-refractivity contribution in [2.75, 3.05) is 6.61 Å². The second-order valence-corrected chi connectivity index (χ2v) is 9.57. The lowest BCUT2D eigenvalue weighted by Crippen LogP contribution is -2.79. The van der Waals surface area contributed by atoms with Crippen molar-refractivity contribution in [3.05, 3.63) is 36.0 Å². The molecule has 1 aromatic carbocycles. The molecule has 0 amide bonds. The number of para-hydroxylation sites is 1. The second kappa shape index (κ2) is 8.63. The van der Waals surface area contributed by atoms with Crippen LogP contribution in [0.2, 0.25) is 0 Å². The number of rotatable bonds is 7. The van der Waals surface area contributed by atoms with Gasteiger partial charge in [0.15, 0.2) is 10.8 Å². The third-order valence-corrected chi connectivity index (χ3v) is 7.32. The number of aromatic nitrogens is 1. The van der Waals surface area contributed by atoms with E-state index in [9.17, 15) is 35.1 Å². The van der Waals surface area contributed by atoms with Crippen molar-refractivity contribution in [1.82, 2.24) is 4.98 Å². The lowest BCUT2D eigenvalue weighted by atomic mass is 9.77. The van der Waals surface area contributed by atoms with Gasteiger partial charge in [0.2, 0.25) is 0 Å². The summed E-state index contributed by atoms with van der Waals surface area (Å²) in [6.45, 7) is -0.987. The van der Waals surface area contributed by atoms with Crippen LogP contribution in [0, 0.1) is 5.92 Å². The Bertz CT molecular complexity index is 996. The van der Waals surface area contributed by atoms with Crippen LogP contribution in [0.25, 0.3) is 10.9 Å². The number of benzene rings is 1. The summed E-state index contributed by atoms with van der Waals surface area (Å²) in [6, 6.07) is 8.69. The average Bonchev–Trinajstić information content (AvgIpc) is 3.11. The Balaban J connectivity index is 2.02. The summed E-state index contributed by atoms with van der Waals surface area (Å²) < 4.78 is 2.64. The van der Waals surface area contributed by atoms with E-state index in [0.717, 1.165) is 5.39 Å². The van der Waals surface area contributed by atoms with E-state index in [1.165, 1.54) is 0 Å². The standard InChI is InChI=1S/C19H22BrClN2O9/c20-18(22)15(13(27)12(26)7-24)32-17(30,16(28)29)14(19(18,21)31)11(25)6-9-5-8-3-1-2-4-10(8)23-9/h1-5,12-15,23-24,26-27,30-31H,6-7,22H2,(H,28,29)/t12-,13-,14?,15+,17?,18+,19+/m1/s1. The Kier molecular flexibility index (Phi) is 6.75. The molecule has 0 spiro atoms. The number of alkyl halides is 2. The lowest BCUT2D eigenvalue weighted by molar-refractivity contribution is -0.322. The molecule has 1 saturated heterocycles. The fraction of sp³-hybridized carbons (Fsp3) is 0.474. The highest BCUT2D eigenvalue weighted by Gasteiger charge is 2.73. The Morgan fingerprint density at radius 1 is 1.28 bits per heavy atom. The Morgan fingerprint density at radius 2 is 1.91 bits per heavy atom. The van der Waals surface area contributed by atoms with Gasteiger partial charge in [-0.25, -0.2) is 4.79 Å². The fourth-order valence-electron chi connectivity index (χ4n) is 3.78. The number of Topliss-reactive ketones (excluding diaryl/α,β-unsaturated/α-hetero) is 1. The lowest BCUT2D eigenvalue weighted by Gasteiger charge is -2.55. The quantitative estimate of drug-likeness (QED) is 0.156. The van der Waals surface area contributed by atoms with E-state index in [2.05, 4.69) is 20.9 Å². The largest absolute Gasteiger partial charge is 0.477 e. The molecule has 1 aliphatic heterocycles. The molecule has 11 nitrogen and oxygen atoms in total. The number of nitrogens with two attached hydrogens (primary N) is 1. The molecule has 176 valence electrons. The number of H-pyrrole nitrogens is 1. The number of halogens is 2. The maximum Gasteiger partial charge on any atom is 0.365 e. The summed E-state index contributed by atoms with van der Waals surface area (Å²) in [5, 5.41) is 58.3. The van der Waals surface area contributed by atoms with Crippen LogP contribution >= 0.6 is 27.5 Å². The number of carboxylic acid groups (broad SMARTS) is 1. The summed E-state index contributed by atoms with van der Waals surface area (Å²) in [5.41, 5.74) is 7.02. The first-order chi connectivity index (χ1) is 14.8. The molecular formula is C19H22BrClN2O9. The number of carbonyl (C=O) groups is 2. The molecular weight excluding hydrogens is 516 g/mol. The van der Waals surface area contributed by atoms with Crippen LogP contribution in [0.15, 0.2) is 30.3 Å². The average molecular weight is 538 g/mol. The number of aliphatic hydroxyl groups excluding tert-OH is 3. The molecule has 9 N–H and O–H groups in total. The second-order valence-electron chi connectivity index (χ2n) is 7.68. The maximum atomic E-state index is 13.1. The number of nitrogens with one attached hydrogen (secondary N) is 1. The van der Waals surface area contributed by atoms with Gasteiger partial charge in [0, 0.05) is 17.6 Å². The molecule has 2 heterocycles. The van der Waals surface area contributed by atoms with E-state index in [0.29, 0.717) is 11.2 Å². The molecule has 1 aromatic heterocycles. The summed E-state index contributed by atoms with van der Waals surface area (Å²) in [7, 11) is 0. The number of carbonyl (C=O) groups excluding carboxylic acids is 1. The van der Waals surface area contributed by atoms with Crippen LogP contribution in [0.1, 0.15) is 5.69 Å². The number of hydrogen-bond donors (Lipinski definition) is 8. The van der Waals surface area contributed by atoms with E-state index in [-0.39, 0.29) is 0 Å². The van der Waals surface area contributed by atoms with Crippen LogP contribution in [0.5, 0.6) is 0 Å². The molecule has 32 heavy (non-hydrogen) atoms. The van der Waals surface area contributed by atoms with Crippen molar-refractivity contribution < 1.29 is 45.0 Å². The molecule has 0 aliphatic carbocycles. The number of ether oxygens (including phenoxy) is 1. The third kappa shape index (κ3) is 3.95. The van der Waals surface area contributed by atoms with E-state index in [1.54, 1.807) is 30.3 Å². The Morgan fingerprint density at radius 3 is 2.47 bits per heavy atom. The zero-order valence-corrected chi connectivity index (χ0v) is 18.7. The minimum Gasteiger partial charge on any atom is -0.477 e. The van der Waals surface area contributed by atoms with Crippen LogP contribution in [-0.2, 0) is 20.7 Å². The number of fused-ring (bicyclic) bond motifs is 1. The zero-order valence-electron chi connectivity index (χ0n) is 16.4. The van der Waals surface area contributed by atoms with Gasteiger partial charge in [0.25, 0.3) is 5.79 Å². The normalized spacial score (nSPS) is 34.9. The summed E-state index contributed by atoms with van der Waals surface area (Å²) in [5.74, 6) is -8.90. The smallest absolute Gasteiger partial charge is 0.365 e. The predicted molar refractivity (Wildman–Crippen MR) is 114 cm³/mol. The Labute approximate surface area is 194 Å². The first-order valence-corrected chi connectivity index (χ1v) is 10.5. The van der Waals surface area contributed by atoms with Gasteiger partial charge >= 0.3 is 5.97 Å². The molecule has 0 radical (unpaired) electrons. The zero-order chi connectivity index (χ0) is 24.1. The minimum absolute atomic E-state index is 0.339. The van der Waals surface area contributed by atoms with Crippen molar-refractivity contribution in [1.29, 1.82) is 0 Å². The van der Waals surface area contributed by atoms with Crippen molar-refractivity contribution >= 4 is 50.2 Å². The van der Waals surface area contributed by atoms with Crippen molar-refractivity contribution in [3.8, 4) is 0 Å². The number of aliphatic carboxylic acids is 1. The highest BCUT2D eigenvalue weighted by Crippen LogP contribution is 2.51. The first kappa shape index (κ1) is 25.0. The number of carboxylic acids is 1. The molecule has 1 aliphatic rings. The summed E-state index contributed by atoms with van der Waals surface area (Å²) in [4.78, 5) is 28.0.